The largest absolute Gasteiger partial charge is 0.462 e. The standard InChI is InChI=1S/C7H8O2/c8-7-4-1-3-2-5(9-7)6(3)4/h3-6H,1-2H2. The van der Waals surface area contributed by atoms with Crippen LogP contribution in [0.5, 0.6) is 0 Å². The van der Waals surface area contributed by atoms with E-state index in [1.165, 1.54) is 0 Å². The van der Waals surface area contributed by atoms with Gasteiger partial charge in [-0.1, -0.05) is 0 Å². The molecule has 1 heterocycles. The van der Waals surface area contributed by atoms with Crippen molar-refractivity contribution in [2.45, 2.75) is 18.9 Å². The highest BCUT2D eigenvalue weighted by atomic mass is 16.6. The summed E-state index contributed by atoms with van der Waals surface area (Å²) >= 11 is 0. The molecule has 9 heavy (non-hydrogen) atoms. The second-order valence-corrected chi connectivity index (χ2v) is 3.39. The SMILES string of the molecule is O=C1OC2CC3CC1C32. The normalized spacial score (nSPS) is 59.3. The molecule has 0 amide bonds. The van der Waals surface area contributed by atoms with Crippen LogP contribution in [0.2, 0.25) is 0 Å². The minimum atomic E-state index is 0.0822. The summed E-state index contributed by atoms with van der Waals surface area (Å²) in [5, 5.41) is 0. The van der Waals surface area contributed by atoms with Crippen LogP contribution in [0.25, 0.3) is 0 Å². The van der Waals surface area contributed by atoms with Gasteiger partial charge in [-0.05, 0) is 18.8 Å². The molecule has 3 fully saturated rings. The molecule has 0 N–H and O–H groups in total. The van der Waals surface area contributed by atoms with Crippen molar-refractivity contribution >= 4 is 5.97 Å². The van der Waals surface area contributed by atoms with E-state index >= 15 is 0 Å². The lowest BCUT2D eigenvalue weighted by atomic mass is 9.53. The van der Waals surface area contributed by atoms with Crippen LogP contribution in [0, 0.1) is 17.8 Å². The highest BCUT2D eigenvalue weighted by molar-refractivity contribution is 5.77. The van der Waals surface area contributed by atoms with Crippen molar-refractivity contribution in [1.82, 2.24) is 0 Å². The van der Waals surface area contributed by atoms with Crippen LogP contribution < -0.4 is 0 Å². The molecule has 0 aromatic carbocycles. The van der Waals surface area contributed by atoms with E-state index in [1.54, 1.807) is 0 Å². The number of hydrogen-bond donors (Lipinski definition) is 0. The Morgan fingerprint density at radius 3 is 2.89 bits per heavy atom. The van der Waals surface area contributed by atoms with Gasteiger partial charge >= 0.3 is 5.97 Å². The molecular formula is C7H8O2. The highest BCUT2D eigenvalue weighted by Gasteiger charge is 2.63. The minimum absolute atomic E-state index is 0.0822. The van der Waals surface area contributed by atoms with E-state index in [-0.39, 0.29) is 5.97 Å². The third kappa shape index (κ3) is 0.296. The number of esters is 1. The smallest absolute Gasteiger partial charge is 0.309 e. The summed E-state index contributed by atoms with van der Waals surface area (Å²) in [6, 6.07) is 0. The van der Waals surface area contributed by atoms with Crippen LogP contribution in [-0.2, 0) is 9.53 Å². The van der Waals surface area contributed by atoms with Gasteiger partial charge in [-0.3, -0.25) is 4.79 Å². The van der Waals surface area contributed by atoms with Crippen molar-refractivity contribution < 1.29 is 9.53 Å². The molecule has 0 bridgehead atoms. The Morgan fingerprint density at radius 1 is 1.44 bits per heavy atom. The number of ether oxygens (including phenoxy) is 1. The summed E-state index contributed by atoms with van der Waals surface area (Å²) in [7, 11) is 0. The third-order valence-corrected chi connectivity index (χ3v) is 3.10. The summed E-state index contributed by atoms with van der Waals surface area (Å²) in [6.07, 6.45) is 2.63. The predicted octanol–water partition coefficient (Wildman–Crippen LogP) is 0.568. The molecule has 2 nitrogen and oxygen atoms in total. The van der Waals surface area contributed by atoms with Gasteiger partial charge in [-0.15, -0.1) is 0 Å². The fraction of sp³-hybridized carbons (Fsp3) is 0.857. The lowest BCUT2D eigenvalue weighted by molar-refractivity contribution is -0.143. The van der Waals surface area contributed by atoms with Gasteiger partial charge in [0.2, 0.25) is 0 Å². The lowest BCUT2D eigenvalue weighted by Crippen LogP contribution is -2.50. The second kappa shape index (κ2) is 1.02. The Morgan fingerprint density at radius 2 is 2.33 bits per heavy atom. The van der Waals surface area contributed by atoms with Gasteiger partial charge in [0, 0.05) is 5.92 Å². The zero-order chi connectivity index (χ0) is 6.01. The topological polar surface area (TPSA) is 26.3 Å². The number of carbonyl (C=O) groups excluding carboxylic acids is 1. The zero-order valence-electron chi connectivity index (χ0n) is 5.04. The first-order valence-corrected chi connectivity index (χ1v) is 3.57. The fourth-order valence-corrected chi connectivity index (χ4v) is 2.47. The van der Waals surface area contributed by atoms with Gasteiger partial charge in [0.15, 0.2) is 0 Å². The molecule has 1 saturated heterocycles. The van der Waals surface area contributed by atoms with Crippen LogP contribution in [0.15, 0.2) is 0 Å². The molecule has 4 atom stereocenters. The number of rotatable bonds is 0. The summed E-state index contributed by atoms with van der Waals surface area (Å²) in [5.41, 5.74) is 0. The van der Waals surface area contributed by atoms with E-state index in [4.69, 9.17) is 4.74 Å². The summed E-state index contributed by atoms with van der Waals surface area (Å²) in [4.78, 5) is 10.9. The number of carbonyl (C=O) groups is 1. The molecule has 3 rings (SSSR count). The molecule has 0 radical (unpaired) electrons. The average Bonchev–Trinajstić information content (AvgIpc) is 2.01. The van der Waals surface area contributed by atoms with Crippen LogP contribution >= 0.6 is 0 Å². The van der Waals surface area contributed by atoms with Crippen LogP contribution in [0.1, 0.15) is 12.8 Å². The first kappa shape index (κ1) is 4.31. The molecule has 2 heteroatoms. The zero-order valence-corrected chi connectivity index (χ0v) is 5.04. The molecule has 3 aliphatic rings. The molecular weight excluding hydrogens is 116 g/mol. The van der Waals surface area contributed by atoms with E-state index in [1.807, 2.05) is 0 Å². The van der Waals surface area contributed by atoms with E-state index in [9.17, 15) is 4.79 Å². The molecule has 0 aromatic heterocycles. The Hall–Kier alpha value is -0.530. The van der Waals surface area contributed by atoms with Crippen LogP contribution in [0.3, 0.4) is 0 Å². The molecule has 2 saturated carbocycles. The maximum Gasteiger partial charge on any atom is 0.309 e. The van der Waals surface area contributed by atoms with Crippen molar-refractivity contribution in [3.63, 3.8) is 0 Å². The molecule has 1 aliphatic heterocycles. The van der Waals surface area contributed by atoms with E-state index in [0.717, 1.165) is 18.8 Å². The van der Waals surface area contributed by atoms with Gasteiger partial charge in [-0.25, -0.2) is 0 Å². The van der Waals surface area contributed by atoms with Gasteiger partial charge < -0.3 is 4.74 Å². The van der Waals surface area contributed by atoms with Gasteiger partial charge in [-0.2, -0.15) is 0 Å². The molecule has 0 aromatic rings. The average molecular weight is 124 g/mol. The van der Waals surface area contributed by atoms with E-state index < -0.39 is 0 Å². The maximum absolute atomic E-state index is 10.9. The summed E-state index contributed by atoms with van der Waals surface area (Å²) in [5.74, 6) is 1.94. The Labute approximate surface area is 53.2 Å². The lowest BCUT2D eigenvalue weighted by Gasteiger charge is -2.48. The highest BCUT2D eigenvalue weighted by Crippen LogP contribution is 2.60. The summed E-state index contributed by atoms with van der Waals surface area (Å²) < 4.78 is 5.08. The fourth-order valence-electron chi connectivity index (χ4n) is 2.47. The minimum Gasteiger partial charge on any atom is -0.462 e. The monoisotopic (exact) mass is 124 g/mol. The Balaban J connectivity index is 2.00. The molecule has 48 valence electrons. The third-order valence-electron chi connectivity index (χ3n) is 3.10. The van der Waals surface area contributed by atoms with Gasteiger partial charge in [0.05, 0.1) is 5.92 Å². The Bertz CT molecular complexity index is 187. The first-order chi connectivity index (χ1) is 4.36. The van der Waals surface area contributed by atoms with Crippen molar-refractivity contribution in [2.24, 2.45) is 17.8 Å². The quantitative estimate of drug-likeness (QED) is 0.441. The van der Waals surface area contributed by atoms with Crippen molar-refractivity contribution in [3.8, 4) is 0 Å². The predicted molar refractivity (Wildman–Crippen MR) is 29.6 cm³/mol. The van der Waals surface area contributed by atoms with Crippen LogP contribution in [-0.4, -0.2) is 12.1 Å². The van der Waals surface area contributed by atoms with Crippen molar-refractivity contribution in [2.75, 3.05) is 0 Å². The summed E-state index contributed by atoms with van der Waals surface area (Å²) in [6.45, 7) is 0. The molecule has 0 spiro atoms. The second-order valence-electron chi connectivity index (χ2n) is 3.39. The van der Waals surface area contributed by atoms with Crippen LogP contribution in [0.4, 0.5) is 0 Å². The number of hydrogen-bond acceptors (Lipinski definition) is 2. The molecule has 2 aliphatic carbocycles. The van der Waals surface area contributed by atoms with Gasteiger partial charge in [0.25, 0.3) is 0 Å². The molecule has 4 unspecified atom stereocenters. The first-order valence-electron chi connectivity index (χ1n) is 3.57. The van der Waals surface area contributed by atoms with Gasteiger partial charge in [0.1, 0.15) is 6.10 Å². The Kier molecular flexibility index (Phi) is 0.491. The maximum atomic E-state index is 10.9. The van der Waals surface area contributed by atoms with E-state index in [2.05, 4.69) is 0 Å². The van der Waals surface area contributed by atoms with Crippen molar-refractivity contribution in [3.05, 3.63) is 0 Å². The van der Waals surface area contributed by atoms with Crippen molar-refractivity contribution in [1.29, 1.82) is 0 Å². The van der Waals surface area contributed by atoms with E-state index in [0.29, 0.717) is 17.9 Å².